The van der Waals surface area contributed by atoms with E-state index in [0.717, 1.165) is 12.5 Å². The maximum Gasteiger partial charge on any atom is 0.407 e. The molecule has 2 unspecified atom stereocenters. The molecule has 1 aliphatic heterocycles. The lowest BCUT2D eigenvalue weighted by Gasteiger charge is -2.35. The summed E-state index contributed by atoms with van der Waals surface area (Å²) in [5.41, 5.74) is -0.447. The monoisotopic (exact) mass is 327 g/mol. The summed E-state index contributed by atoms with van der Waals surface area (Å²) in [6, 6.07) is 0.550. The molecule has 0 aliphatic carbocycles. The van der Waals surface area contributed by atoms with Gasteiger partial charge in [-0.2, -0.15) is 0 Å². The minimum atomic E-state index is -0.447. The smallest absolute Gasteiger partial charge is 0.407 e. The molecule has 136 valence electrons. The van der Waals surface area contributed by atoms with Crippen LogP contribution in [-0.4, -0.2) is 54.9 Å². The Balaban J connectivity index is 2.22. The number of carbonyl (C=O) groups is 1. The van der Waals surface area contributed by atoms with Crippen LogP contribution >= 0.6 is 0 Å². The van der Waals surface area contributed by atoms with Crippen LogP contribution in [0.1, 0.15) is 60.8 Å². The van der Waals surface area contributed by atoms with E-state index in [2.05, 4.69) is 29.4 Å². The van der Waals surface area contributed by atoms with Gasteiger partial charge in [0.1, 0.15) is 5.60 Å². The molecule has 0 aromatic heterocycles. The molecule has 5 heteroatoms. The Labute approximate surface area is 142 Å². The normalized spacial score (nSPS) is 20.1. The maximum atomic E-state index is 11.7. The topological polar surface area (TPSA) is 53.6 Å². The Hall–Kier alpha value is -0.810. The first-order valence-electron chi connectivity index (χ1n) is 9.16. The van der Waals surface area contributed by atoms with E-state index in [9.17, 15) is 4.79 Å². The fourth-order valence-corrected chi connectivity index (χ4v) is 3.08. The summed E-state index contributed by atoms with van der Waals surface area (Å²) in [6.45, 7) is 16.6. The zero-order valence-corrected chi connectivity index (χ0v) is 15.9. The van der Waals surface area contributed by atoms with Crippen molar-refractivity contribution in [2.75, 3.05) is 26.2 Å². The quantitative estimate of drug-likeness (QED) is 0.755. The fourth-order valence-electron chi connectivity index (χ4n) is 3.08. The molecule has 1 heterocycles. The second-order valence-electron chi connectivity index (χ2n) is 7.92. The number of carbonyl (C=O) groups excluding carboxylic acids is 1. The van der Waals surface area contributed by atoms with Crippen LogP contribution in [0.15, 0.2) is 0 Å². The third kappa shape index (κ3) is 8.56. The molecule has 0 spiro atoms. The lowest BCUT2D eigenvalue weighted by atomic mass is 9.90. The van der Waals surface area contributed by atoms with E-state index in [1.165, 1.54) is 38.9 Å². The molecule has 0 bridgehead atoms. The van der Waals surface area contributed by atoms with Crippen molar-refractivity contribution in [3.05, 3.63) is 0 Å². The van der Waals surface area contributed by atoms with Gasteiger partial charge in [-0.3, -0.25) is 0 Å². The van der Waals surface area contributed by atoms with Gasteiger partial charge in [0.2, 0.25) is 0 Å². The second-order valence-corrected chi connectivity index (χ2v) is 7.92. The summed E-state index contributed by atoms with van der Waals surface area (Å²) in [6.07, 6.45) is 3.43. The Bertz CT molecular complexity index is 347. The Morgan fingerprint density at radius 2 is 1.87 bits per heavy atom. The SMILES string of the molecule is CCCN1CCC(C(C)NCC(C)NC(=O)OC(C)(C)C)CC1. The maximum absolute atomic E-state index is 11.7. The molecule has 1 rings (SSSR count). The van der Waals surface area contributed by atoms with Crippen LogP contribution < -0.4 is 10.6 Å². The predicted octanol–water partition coefficient (Wildman–Crippen LogP) is 3.00. The molecule has 2 atom stereocenters. The number of piperidine rings is 1. The van der Waals surface area contributed by atoms with Gasteiger partial charge in [-0.25, -0.2) is 4.79 Å². The molecule has 1 fully saturated rings. The van der Waals surface area contributed by atoms with Crippen molar-refractivity contribution in [2.45, 2.75) is 78.5 Å². The van der Waals surface area contributed by atoms with Gasteiger partial charge >= 0.3 is 6.09 Å². The number of alkyl carbamates (subject to hydrolysis) is 1. The first-order chi connectivity index (χ1) is 10.7. The zero-order valence-electron chi connectivity index (χ0n) is 15.9. The number of likely N-dealkylation sites (tertiary alicyclic amines) is 1. The fraction of sp³-hybridized carbons (Fsp3) is 0.944. The Morgan fingerprint density at radius 1 is 1.26 bits per heavy atom. The van der Waals surface area contributed by atoms with E-state index in [0.29, 0.717) is 6.04 Å². The minimum Gasteiger partial charge on any atom is -0.444 e. The van der Waals surface area contributed by atoms with Gasteiger partial charge in [-0.1, -0.05) is 6.92 Å². The first kappa shape index (κ1) is 20.2. The van der Waals surface area contributed by atoms with Crippen LogP contribution in [0, 0.1) is 5.92 Å². The molecule has 0 radical (unpaired) electrons. The standard InChI is InChI=1S/C18H37N3O2/c1-7-10-21-11-8-16(9-12-21)15(3)19-13-14(2)20-17(22)23-18(4,5)6/h14-16,19H,7-13H2,1-6H3,(H,20,22). The Kier molecular flexibility index (Phi) is 8.34. The Morgan fingerprint density at radius 3 is 2.39 bits per heavy atom. The van der Waals surface area contributed by atoms with E-state index in [-0.39, 0.29) is 12.1 Å². The molecule has 5 nitrogen and oxygen atoms in total. The van der Waals surface area contributed by atoms with Crippen LogP contribution in [-0.2, 0) is 4.74 Å². The molecule has 1 saturated heterocycles. The summed E-state index contributed by atoms with van der Waals surface area (Å²) >= 11 is 0. The van der Waals surface area contributed by atoms with E-state index in [1.807, 2.05) is 27.7 Å². The zero-order chi connectivity index (χ0) is 17.5. The van der Waals surface area contributed by atoms with Crippen LogP contribution in [0.3, 0.4) is 0 Å². The summed E-state index contributed by atoms with van der Waals surface area (Å²) in [4.78, 5) is 14.3. The van der Waals surface area contributed by atoms with Crippen molar-refractivity contribution < 1.29 is 9.53 Å². The van der Waals surface area contributed by atoms with Gasteiger partial charge in [0.05, 0.1) is 0 Å². The largest absolute Gasteiger partial charge is 0.444 e. The predicted molar refractivity (Wildman–Crippen MR) is 95.8 cm³/mol. The van der Waals surface area contributed by atoms with E-state index >= 15 is 0 Å². The lowest BCUT2D eigenvalue weighted by molar-refractivity contribution is 0.0506. The first-order valence-corrected chi connectivity index (χ1v) is 9.16. The van der Waals surface area contributed by atoms with Gasteiger partial charge in [0, 0.05) is 18.6 Å². The van der Waals surface area contributed by atoms with Gasteiger partial charge in [-0.15, -0.1) is 0 Å². The van der Waals surface area contributed by atoms with E-state index in [4.69, 9.17) is 4.74 Å². The number of nitrogens with one attached hydrogen (secondary N) is 2. The van der Waals surface area contributed by atoms with Gasteiger partial charge in [-0.05, 0) is 79.4 Å². The summed E-state index contributed by atoms with van der Waals surface area (Å²) in [5.74, 6) is 0.733. The van der Waals surface area contributed by atoms with Crippen molar-refractivity contribution in [3.8, 4) is 0 Å². The van der Waals surface area contributed by atoms with Crippen molar-refractivity contribution in [1.29, 1.82) is 0 Å². The van der Waals surface area contributed by atoms with Crippen molar-refractivity contribution >= 4 is 6.09 Å². The third-order valence-electron chi connectivity index (χ3n) is 4.39. The molecular weight excluding hydrogens is 290 g/mol. The summed E-state index contributed by atoms with van der Waals surface area (Å²) in [5, 5.41) is 6.46. The number of nitrogens with zero attached hydrogens (tertiary/aromatic N) is 1. The van der Waals surface area contributed by atoms with E-state index in [1.54, 1.807) is 0 Å². The van der Waals surface area contributed by atoms with Crippen molar-refractivity contribution in [2.24, 2.45) is 5.92 Å². The number of hydrogen-bond donors (Lipinski definition) is 2. The van der Waals surface area contributed by atoms with Crippen molar-refractivity contribution in [3.63, 3.8) is 0 Å². The third-order valence-corrected chi connectivity index (χ3v) is 4.39. The molecule has 23 heavy (non-hydrogen) atoms. The molecule has 1 aliphatic rings. The van der Waals surface area contributed by atoms with Gasteiger partial charge in [0.15, 0.2) is 0 Å². The number of ether oxygens (including phenoxy) is 1. The summed E-state index contributed by atoms with van der Waals surface area (Å²) < 4.78 is 5.28. The lowest BCUT2D eigenvalue weighted by Crippen LogP contribution is -2.47. The second kappa shape index (κ2) is 9.48. The highest BCUT2D eigenvalue weighted by Crippen LogP contribution is 2.20. The van der Waals surface area contributed by atoms with Crippen LogP contribution in [0.2, 0.25) is 0 Å². The highest BCUT2D eigenvalue weighted by atomic mass is 16.6. The van der Waals surface area contributed by atoms with Crippen molar-refractivity contribution in [1.82, 2.24) is 15.5 Å². The van der Waals surface area contributed by atoms with E-state index < -0.39 is 5.60 Å². The summed E-state index contributed by atoms with van der Waals surface area (Å²) in [7, 11) is 0. The average molecular weight is 328 g/mol. The average Bonchev–Trinajstić information content (AvgIpc) is 2.43. The number of hydrogen-bond acceptors (Lipinski definition) is 4. The highest BCUT2D eigenvalue weighted by Gasteiger charge is 2.24. The highest BCUT2D eigenvalue weighted by molar-refractivity contribution is 5.68. The van der Waals surface area contributed by atoms with Gasteiger partial charge in [0.25, 0.3) is 0 Å². The molecule has 0 saturated carbocycles. The van der Waals surface area contributed by atoms with Gasteiger partial charge < -0.3 is 20.3 Å². The number of amides is 1. The molecule has 1 amide bonds. The molecular formula is C18H37N3O2. The number of rotatable bonds is 7. The molecule has 2 N–H and O–H groups in total. The molecule has 0 aromatic carbocycles. The van der Waals surface area contributed by atoms with Crippen LogP contribution in [0.4, 0.5) is 4.79 Å². The van der Waals surface area contributed by atoms with Crippen LogP contribution in [0.25, 0.3) is 0 Å². The molecule has 0 aromatic rings. The van der Waals surface area contributed by atoms with Crippen LogP contribution in [0.5, 0.6) is 0 Å². The minimum absolute atomic E-state index is 0.0625.